The summed E-state index contributed by atoms with van der Waals surface area (Å²) in [6.07, 6.45) is -3.00. The summed E-state index contributed by atoms with van der Waals surface area (Å²) in [5.41, 5.74) is 8.70. The van der Waals surface area contributed by atoms with Gasteiger partial charge in [0.25, 0.3) is 0 Å². The van der Waals surface area contributed by atoms with E-state index in [0.29, 0.717) is 38.3 Å². The number of anilines is 1. The van der Waals surface area contributed by atoms with Crippen molar-refractivity contribution in [2.24, 2.45) is 0 Å². The molecule has 0 aliphatic carbocycles. The van der Waals surface area contributed by atoms with Crippen molar-refractivity contribution in [3.8, 4) is 11.5 Å². The minimum Gasteiger partial charge on any atom is -0.493 e. The second-order valence-corrected chi connectivity index (χ2v) is 18.6. The van der Waals surface area contributed by atoms with Crippen molar-refractivity contribution < 1.29 is 42.3 Å². The highest BCUT2D eigenvalue weighted by Crippen LogP contribution is 2.48. The van der Waals surface area contributed by atoms with E-state index in [1.807, 2.05) is 142 Å². The fourth-order valence-corrected chi connectivity index (χ4v) is 9.21. The van der Waals surface area contributed by atoms with Gasteiger partial charge in [-0.15, -0.1) is 0 Å². The van der Waals surface area contributed by atoms with Crippen LogP contribution in [-0.4, -0.2) is 55.9 Å². The van der Waals surface area contributed by atoms with Gasteiger partial charge in [0.2, 0.25) is 0 Å². The summed E-state index contributed by atoms with van der Waals surface area (Å²) in [5.74, 6) is 1.39. The van der Waals surface area contributed by atoms with Gasteiger partial charge in [0.1, 0.15) is 48.1 Å². The number of alkyl halides is 1. The fourth-order valence-electron chi connectivity index (χ4n) is 9.21. The van der Waals surface area contributed by atoms with Gasteiger partial charge < -0.3 is 33.2 Å². The van der Waals surface area contributed by atoms with Gasteiger partial charge in [0.15, 0.2) is 6.17 Å². The molecule has 0 unspecified atom stereocenters. The minimum atomic E-state index is -1.61. The van der Waals surface area contributed by atoms with E-state index in [2.05, 4.69) is 24.3 Å². The van der Waals surface area contributed by atoms with Crippen LogP contribution in [0.3, 0.4) is 0 Å². The van der Waals surface area contributed by atoms with Gasteiger partial charge in [-0.3, -0.25) is 4.90 Å². The van der Waals surface area contributed by atoms with Crippen LogP contribution < -0.4 is 14.4 Å². The SMILES string of the molecule is CC(C)(C)OC(=O)N1CCCc2ccc(Cc3cc([C@@H]4O[C@H](COCc5ccccc5)[C@@H](F)[C@H](OCc5ccccc5)[C@H]4OCc4ccccc4)c(OCc4ccccc4)c4c3OCC4)cc21. The Hall–Kier alpha value is -6.04. The third-order valence-electron chi connectivity index (χ3n) is 12.4. The smallest absolute Gasteiger partial charge is 0.414 e. The van der Waals surface area contributed by atoms with Crippen LogP contribution in [0.4, 0.5) is 14.9 Å². The fraction of sp³-hybridized carbons (Fsp3) is 0.351. The quantitative estimate of drug-likeness (QED) is 0.0949. The van der Waals surface area contributed by atoms with Crippen molar-refractivity contribution in [3.05, 3.63) is 196 Å². The third-order valence-corrected chi connectivity index (χ3v) is 12.4. The molecule has 348 valence electrons. The van der Waals surface area contributed by atoms with Gasteiger partial charge >= 0.3 is 6.09 Å². The van der Waals surface area contributed by atoms with E-state index in [1.165, 1.54) is 0 Å². The van der Waals surface area contributed by atoms with E-state index in [4.69, 9.17) is 33.2 Å². The highest BCUT2D eigenvalue weighted by atomic mass is 19.1. The van der Waals surface area contributed by atoms with Gasteiger partial charge in [-0.2, -0.15) is 0 Å². The molecule has 0 aromatic heterocycles. The van der Waals surface area contributed by atoms with Gasteiger partial charge in [-0.05, 0) is 84.7 Å². The lowest BCUT2D eigenvalue weighted by Crippen LogP contribution is -2.55. The zero-order chi connectivity index (χ0) is 46.2. The standard InChI is InChI=1S/C57H60FNO8/c1-57(2,3)67-56(60)59-29-16-25-44-27-26-43(32-48(44)59)31-45-33-47(52(46-28-30-62-51(45)46)63-35-40-19-10-5-11-20-40)53-55(65-37-42-23-14-7-15-24-42)54(64-36-41-21-12-6-13-22-41)50(58)49(66-53)38-61-34-39-17-8-4-9-18-39/h4-15,17-24,26-27,32-33,49-50,53-55H,16,25,28-31,34-38H2,1-3H3/t49-,50-,53+,54+,55+/m1/s1. The van der Waals surface area contributed by atoms with Crippen molar-refractivity contribution in [2.45, 2.75) is 109 Å². The van der Waals surface area contributed by atoms with Gasteiger partial charge in [0.05, 0.1) is 38.7 Å². The number of hydrogen-bond donors (Lipinski definition) is 0. The lowest BCUT2D eigenvalue weighted by atomic mass is 9.87. The Bertz CT molecular complexity index is 2550. The molecule has 3 aliphatic rings. The summed E-state index contributed by atoms with van der Waals surface area (Å²) in [4.78, 5) is 15.3. The number of amides is 1. The molecule has 3 aliphatic heterocycles. The summed E-state index contributed by atoms with van der Waals surface area (Å²) >= 11 is 0. The normalized spacial score (nSPS) is 20.1. The monoisotopic (exact) mass is 905 g/mol. The molecule has 3 heterocycles. The number of nitrogens with zero attached hydrogens (tertiary/aromatic N) is 1. The maximum atomic E-state index is 17.5. The highest BCUT2D eigenvalue weighted by Gasteiger charge is 2.50. The average molecular weight is 906 g/mol. The number of fused-ring (bicyclic) bond motifs is 2. The number of ether oxygens (including phenoxy) is 7. The Morgan fingerprint density at radius 2 is 1.30 bits per heavy atom. The van der Waals surface area contributed by atoms with Crippen LogP contribution in [0.5, 0.6) is 11.5 Å². The first-order valence-corrected chi connectivity index (χ1v) is 23.5. The molecular weight excluding hydrogens is 846 g/mol. The van der Waals surface area contributed by atoms with Crippen LogP contribution >= 0.6 is 0 Å². The van der Waals surface area contributed by atoms with Crippen LogP contribution in [0.25, 0.3) is 0 Å². The molecule has 6 aromatic rings. The summed E-state index contributed by atoms with van der Waals surface area (Å²) < 4.78 is 63.6. The Morgan fingerprint density at radius 3 is 1.93 bits per heavy atom. The Morgan fingerprint density at radius 1 is 0.701 bits per heavy atom. The first-order valence-electron chi connectivity index (χ1n) is 23.5. The summed E-state index contributed by atoms with van der Waals surface area (Å²) in [6.45, 7) is 7.62. The van der Waals surface area contributed by atoms with Gasteiger partial charge in [0, 0.05) is 30.5 Å². The van der Waals surface area contributed by atoms with Crippen LogP contribution in [-0.2, 0) is 69.4 Å². The summed E-state index contributed by atoms with van der Waals surface area (Å²) in [5, 5.41) is 0. The molecule has 1 fully saturated rings. The topological polar surface area (TPSA) is 84.9 Å². The van der Waals surface area contributed by atoms with E-state index >= 15 is 4.39 Å². The van der Waals surface area contributed by atoms with E-state index in [9.17, 15) is 4.79 Å². The molecule has 0 bridgehead atoms. The highest BCUT2D eigenvalue weighted by molar-refractivity contribution is 5.89. The van der Waals surface area contributed by atoms with E-state index in [-0.39, 0.29) is 32.5 Å². The molecule has 0 N–H and O–H groups in total. The van der Waals surface area contributed by atoms with E-state index in [1.54, 1.807) is 4.90 Å². The maximum Gasteiger partial charge on any atom is 0.414 e. The number of carbonyl (C=O) groups is 1. The first-order chi connectivity index (χ1) is 32.7. The van der Waals surface area contributed by atoms with Crippen molar-refractivity contribution in [1.29, 1.82) is 0 Å². The number of aryl methyl sites for hydroxylation is 1. The van der Waals surface area contributed by atoms with Crippen LogP contribution in [0.15, 0.2) is 146 Å². The van der Waals surface area contributed by atoms with Gasteiger partial charge in [-0.25, -0.2) is 9.18 Å². The molecule has 1 amide bonds. The molecule has 67 heavy (non-hydrogen) atoms. The van der Waals surface area contributed by atoms with Crippen molar-refractivity contribution >= 4 is 11.8 Å². The molecule has 10 heteroatoms. The zero-order valence-corrected chi connectivity index (χ0v) is 38.6. The molecule has 0 spiro atoms. The van der Waals surface area contributed by atoms with Crippen molar-refractivity contribution in [1.82, 2.24) is 0 Å². The largest absolute Gasteiger partial charge is 0.493 e. The Labute approximate surface area is 393 Å². The Kier molecular flexibility index (Phi) is 14.6. The van der Waals surface area contributed by atoms with E-state index in [0.717, 1.165) is 74.3 Å². The lowest BCUT2D eigenvalue weighted by Gasteiger charge is -2.44. The number of rotatable bonds is 16. The molecule has 0 radical (unpaired) electrons. The van der Waals surface area contributed by atoms with Crippen LogP contribution in [0.2, 0.25) is 0 Å². The predicted octanol–water partition coefficient (Wildman–Crippen LogP) is 11.6. The first kappa shape index (κ1) is 46.1. The number of hydrogen-bond acceptors (Lipinski definition) is 8. The second-order valence-electron chi connectivity index (χ2n) is 18.6. The molecule has 9 nitrogen and oxygen atoms in total. The van der Waals surface area contributed by atoms with Crippen LogP contribution in [0, 0.1) is 0 Å². The number of carbonyl (C=O) groups excluding carboxylic acids is 1. The lowest BCUT2D eigenvalue weighted by molar-refractivity contribution is -0.248. The van der Waals surface area contributed by atoms with Crippen LogP contribution in [0.1, 0.15) is 83.4 Å². The molecule has 9 rings (SSSR count). The average Bonchev–Trinajstić information content (AvgIpc) is 3.84. The third kappa shape index (κ3) is 11.4. The van der Waals surface area contributed by atoms with Crippen molar-refractivity contribution in [2.75, 3.05) is 24.7 Å². The minimum absolute atomic E-state index is 0.0203. The van der Waals surface area contributed by atoms with Gasteiger partial charge in [-0.1, -0.05) is 133 Å². The summed E-state index contributed by atoms with van der Waals surface area (Å²) in [7, 11) is 0. The molecule has 6 aromatic carbocycles. The number of halogens is 1. The molecule has 5 atom stereocenters. The zero-order valence-electron chi connectivity index (χ0n) is 38.6. The number of benzene rings is 6. The summed E-state index contributed by atoms with van der Waals surface area (Å²) in [6, 6.07) is 48.0. The predicted molar refractivity (Wildman–Crippen MR) is 256 cm³/mol. The molecule has 1 saturated heterocycles. The molecular formula is C57H60FNO8. The molecule has 0 saturated carbocycles. The Balaban J connectivity index is 1.13. The van der Waals surface area contributed by atoms with E-state index < -0.39 is 36.2 Å². The van der Waals surface area contributed by atoms with Crippen molar-refractivity contribution in [3.63, 3.8) is 0 Å². The second kappa shape index (κ2) is 21.3. The maximum absolute atomic E-state index is 17.5.